The number of hydrogen-bond donors (Lipinski definition) is 0. The summed E-state index contributed by atoms with van der Waals surface area (Å²) in [5, 5.41) is 0. The van der Waals surface area contributed by atoms with E-state index in [1.54, 1.807) is 11.8 Å². The van der Waals surface area contributed by atoms with Gasteiger partial charge in [0, 0.05) is 22.1 Å². The number of benzene rings is 2. The van der Waals surface area contributed by atoms with Gasteiger partial charge in [-0.1, -0.05) is 43.0 Å². The molecule has 0 unspecified atom stereocenters. The first-order valence-corrected chi connectivity index (χ1v) is 9.99. The van der Waals surface area contributed by atoms with Crippen molar-refractivity contribution in [3.05, 3.63) is 48.0 Å². The third kappa shape index (κ3) is 4.36. The summed E-state index contributed by atoms with van der Waals surface area (Å²) in [6.45, 7) is 2.64. The Labute approximate surface area is 169 Å². The second kappa shape index (κ2) is 8.25. The minimum Gasteiger partial charge on any atom is -0.748 e. The van der Waals surface area contributed by atoms with Crippen LogP contribution in [0.1, 0.15) is 18.9 Å². The summed E-state index contributed by atoms with van der Waals surface area (Å²) in [4.78, 5) is 4.51. The molecule has 0 radical (unpaired) electrons. The van der Waals surface area contributed by atoms with Crippen molar-refractivity contribution in [3.63, 3.8) is 0 Å². The van der Waals surface area contributed by atoms with Crippen molar-refractivity contribution >= 4 is 33.3 Å². The van der Waals surface area contributed by atoms with Crippen LogP contribution < -0.4 is 34.5 Å². The molecule has 122 valence electrons. The van der Waals surface area contributed by atoms with Crippen LogP contribution in [0, 0.1) is 0 Å². The van der Waals surface area contributed by atoms with Crippen molar-refractivity contribution in [3.8, 4) is 0 Å². The summed E-state index contributed by atoms with van der Waals surface area (Å²) in [5.41, 5.74) is 3.45. The minimum atomic E-state index is -4.17. The molecule has 0 fully saturated rings. The van der Waals surface area contributed by atoms with Gasteiger partial charge in [0.15, 0.2) is 0 Å². The minimum absolute atomic E-state index is 0. The van der Waals surface area contributed by atoms with E-state index in [9.17, 15) is 13.0 Å². The molecule has 3 rings (SSSR count). The Morgan fingerprint density at radius 2 is 1.79 bits per heavy atom. The summed E-state index contributed by atoms with van der Waals surface area (Å²) in [6.07, 6.45) is 1.27. The molecule has 7 heteroatoms. The Balaban J connectivity index is 0.00000208. The molecule has 0 aliphatic carbocycles. The fraction of sp³-hybridized carbons (Fsp3) is 0.294. The number of aryl methyl sites for hydroxylation is 1. The van der Waals surface area contributed by atoms with Crippen molar-refractivity contribution < 1.29 is 42.5 Å². The van der Waals surface area contributed by atoms with E-state index in [2.05, 4.69) is 30.0 Å². The largest absolute Gasteiger partial charge is 1.00 e. The second-order valence-corrected chi connectivity index (χ2v) is 8.03. The molecule has 1 heterocycles. The summed E-state index contributed by atoms with van der Waals surface area (Å²) in [7, 11) is -4.17. The number of hydrogen-bond acceptors (Lipinski definition) is 5. The van der Waals surface area contributed by atoms with E-state index in [-0.39, 0.29) is 35.3 Å². The third-order valence-corrected chi connectivity index (χ3v) is 5.92. The molecule has 0 saturated carbocycles. The molecule has 2 aromatic carbocycles. The van der Waals surface area contributed by atoms with Gasteiger partial charge in [-0.2, -0.15) is 0 Å². The average Bonchev–Trinajstić information content (AvgIpc) is 2.52. The van der Waals surface area contributed by atoms with Gasteiger partial charge in [-0.3, -0.25) is 0 Å². The fourth-order valence-electron chi connectivity index (χ4n) is 2.83. The van der Waals surface area contributed by atoms with Gasteiger partial charge in [0.25, 0.3) is 0 Å². The summed E-state index contributed by atoms with van der Waals surface area (Å²) < 4.78 is 32.7. The van der Waals surface area contributed by atoms with Gasteiger partial charge in [-0.05, 0) is 36.6 Å². The molecule has 0 amide bonds. The summed E-state index contributed by atoms with van der Waals surface area (Å²) >= 11 is 1.75. The number of nitrogens with zero attached hydrogens (tertiary/aromatic N) is 1. The summed E-state index contributed by atoms with van der Waals surface area (Å²) in [6, 6.07) is 14.3. The van der Waals surface area contributed by atoms with Crippen molar-refractivity contribution in [2.45, 2.75) is 29.6 Å². The van der Waals surface area contributed by atoms with Crippen LogP contribution in [0.2, 0.25) is 0 Å². The zero-order chi connectivity index (χ0) is 16.4. The molecule has 0 bridgehead atoms. The van der Waals surface area contributed by atoms with Crippen LogP contribution in [-0.4, -0.2) is 25.3 Å². The average molecular weight is 371 g/mol. The third-order valence-electron chi connectivity index (χ3n) is 3.89. The number of para-hydroxylation sites is 1. The van der Waals surface area contributed by atoms with E-state index >= 15 is 0 Å². The molecule has 2 aromatic rings. The monoisotopic (exact) mass is 371 g/mol. The van der Waals surface area contributed by atoms with Crippen molar-refractivity contribution in [2.75, 3.05) is 17.2 Å². The molecule has 0 spiro atoms. The molecular formula is C17H18NNaO3S2. The molecule has 0 atom stereocenters. The molecule has 0 N–H and O–H groups in total. The first-order chi connectivity index (χ1) is 11.0. The van der Waals surface area contributed by atoms with Crippen LogP contribution in [0.15, 0.2) is 52.3 Å². The zero-order valence-corrected chi connectivity index (χ0v) is 17.5. The molecule has 0 aromatic heterocycles. The van der Waals surface area contributed by atoms with Gasteiger partial charge in [-0.15, -0.1) is 0 Å². The number of rotatable bonds is 5. The molecule has 4 nitrogen and oxygen atoms in total. The molecular weight excluding hydrogens is 353 g/mol. The zero-order valence-electron chi connectivity index (χ0n) is 13.9. The van der Waals surface area contributed by atoms with Crippen LogP contribution in [0.4, 0.5) is 11.4 Å². The normalized spacial score (nSPS) is 13.0. The van der Waals surface area contributed by atoms with E-state index in [1.807, 2.05) is 24.3 Å². The maximum absolute atomic E-state index is 10.9. The van der Waals surface area contributed by atoms with E-state index in [1.165, 1.54) is 10.5 Å². The summed E-state index contributed by atoms with van der Waals surface area (Å²) in [5.74, 6) is -0.332. The SMILES string of the molecule is CCc1cccc2c1Sc1ccccc1N2CCCS(=O)(=O)[O-].[Na+]. The van der Waals surface area contributed by atoms with Crippen molar-refractivity contribution in [1.82, 2.24) is 0 Å². The van der Waals surface area contributed by atoms with Crippen LogP contribution in [-0.2, 0) is 16.5 Å². The number of anilines is 2. The van der Waals surface area contributed by atoms with E-state index in [0.29, 0.717) is 13.0 Å². The van der Waals surface area contributed by atoms with Crippen LogP contribution in [0.5, 0.6) is 0 Å². The predicted octanol–water partition coefficient (Wildman–Crippen LogP) is 0.791. The molecule has 1 aliphatic rings. The van der Waals surface area contributed by atoms with Gasteiger partial charge in [0.2, 0.25) is 0 Å². The topological polar surface area (TPSA) is 60.4 Å². The van der Waals surface area contributed by atoms with Gasteiger partial charge in [-0.25, -0.2) is 8.42 Å². The quantitative estimate of drug-likeness (QED) is 0.575. The maximum atomic E-state index is 10.9. The number of fused-ring (bicyclic) bond motifs is 2. The first-order valence-electron chi connectivity index (χ1n) is 7.59. The predicted molar refractivity (Wildman–Crippen MR) is 92.6 cm³/mol. The molecule has 0 saturated heterocycles. The standard InChI is InChI=1S/C17H19NO3S2.Na/c1-2-13-7-5-9-15-17(13)22-16-10-4-3-8-14(16)18(15)11-6-12-23(19,20)21;/h3-5,7-10H,2,6,11-12H2,1H3,(H,19,20,21);/q;+1/p-1. The van der Waals surface area contributed by atoms with E-state index < -0.39 is 10.1 Å². The second-order valence-electron chi connectivity index (χ2n) is 5.46. The van der Waals surface area contributed by atoms with Crippen LogP contribution >= 0.6 is 11.8 Å². The van der Waals surface area contributed by atoms with Crippen molar-refractivity contribution in [2.24, 2.45) is 0 Å². The van der Waals surface area contributed by atoms with Gasteiger partial charge < -0.3 is 9.45 Å². The van der Waals surface area contributed by atoms with Crippen LogP contribution in [0.25, 0.3) is 0 Å². The van der Waals surface area contributed by atoms with E-state index in [4.69, 9.17) is 0 Å². The maximum Gasteiger partial charge on any atom is 1.00 e. The Hall–Kier alpha value is -0.500. The fourth-order valence-corrected chi connectivity index (χ4v) is 4.58. The van der Waals surface area contributed by atoms with Crippen LogP contribution in [0.3, 0.4) is 0 Å². The smallest absolute Gasteiger partial charge is 0.748 e. The Bertz CT molecular complexity index is 824. The van der Waals surface area contributed by atoms with E-state index in [0.717, 1.165) is 22.7 Å². The van der Waals surface area contributed by atoms with Gasteiger partial charge in [0.1, 0.15) is 0 Å². The van der Waals surface area contributed by atoms with Gasteiger partial charge >= 0.3 is 29.6 Å². The molecule has 24 heavy (non-hydrogen) atoms. The molecule has 1 aliphatic heterocycles. The Kier molecular flexibility index (Phi) is 6.82. The Morgan fingerprint density at radius 1 is 1.08 bits per heavy atom. The van der Waals surface area contributed by atoms with Crippen molar-refractivity contribution in [1.29, 1.82) is 0 Å². The Morgan fingerprint density at radius 3 is 2.50 bits per heavy atom. The van der Waals surface area contributed by atoms with Gasteiger partial charge in [0.05, 0.1) is 21.5 Å². The first kappa shape index (κ1) is 19.8.